The quantitative estimate of drug-likeness (QED) is 0.723. The fourth-order valence-corrected chi connectivity index (χ4v) is 3.40. The molecule has 0 amide bonds. The van der Waals surface area contributed by atoms with Crippen LogP contribution in [0, 0.1) is 0 Å². The molecule has 0 unspecified atom stereocenters. The molecule has 0 bridgehead atoms. The van der Waals surface area contributed by atoms with Crippen molar-refractivity contribution < 1.29 is 4.79 Å². The molecule has 0 saturated carbocycles. The molecule has 3 nitrogen and oxygen atoms in total. The van der Waals surface area contributed by atoms with E-state index in [1.165, 1.54) is 11.3 Å². The second-order valence-electron chi connectivity index (χ2n) is 6.80. The molecule has 3 heteroatoms. The predicted molar refractivity (Wildman–Crippen MR) is 109 cm³/mol. The number of hydrogen-bond donors (Lipinski definition) is 0. The van der Waals surface area contributed by atoms with E-state index in [-0.39, 0.29) is 5.78 Å². The average Bonchev–Trinajstić information content (AvgIpc) is 2.69. The van der Waals surface area contributed by atoms with Gasteiger partial charge in [-0.1, -0.05) is 49.4 Å². The minimum absolute atomic E-state index is 0.290. The van der Waals surface area contributed by atoms with Gasteiger partial charge in [0.2, 0.25) is 0 Å². The van der Waals surface area contributed by atoms with E-state index in [9.17, 15) is 4.79 Å². The van der Waals surface area contributed by atoms with Crippen LogP contribution in [0.2, 0.25) is 0 Å². The van der Waals surface area contributed by atoms with Crippen molar-refractivity contribution in [3.8, 4) is 0 Å². The summed E-state index contributed by atoms with van der Waals surface area (Å²) in [5.74, 6) is 0.290. The van der Waals surface area contributed by atoms with Gasteiger partial charge in [-0.25, -0.2) is 0 Å². The molecule has 0 aliphatic carbocycles. The van der Waals surface area contributed by atoms with E-state index in [1.807, 2.05) is 6.07 Å². The highest BCUT2D eigenvalue weighted by Gasteiger charge is 2.19. The third kappa shape index (κ3) is 4.61. The Labute approximate surface area is 156 Å². The lowest BCUT2D eigenvalue weighted by atomic mass is 10.0. The minimum Gasteiger partial charge on any atom is -0.367 e. The van der Waals surface area contributed by atoms with Crippen molar-refractivity contribution in [2.45, 2.75) is 26.8 Å². The molecule has 1 aliphatic heterocycles. The number of ketones is 1. The summed E-state index contributed by atoms with van der Waals surface area (Å²) in [6.07, 6.45) is 2.69. The summed E-state index contributed by atoms with van der Waals surface area (Å²) < 4.78 is 0. The second kappa shape index (κ2) is 8.81. The lowest BCUT2D eigenvalue weighted by molar-refractivity contribution is -0.117. The maximum Gasteiger partial charge on any atom is 0.161 e. The van der Waals surface area contributed by atoms with Crippen LogP contribution in [0.5, 0.6) is 0 Å². The molecule has 0 spiro atoms. The zero-order chi connectivity index (χ0) is 18.4. The largest absolute Gasteiger partial charge is 0.367 e. The smallest absolute Gasteiger partial charge is 0.161 e. The molecule has 26 heavy (non-hydrogen) atoms. The van der Waals surface area contributed by atoms with Gasteiger partial charge in [0.25, 0.3) is 0 Å². The predicted octanol–water partition coefficient (Wildman–Crippen LogP) is 4.39. The normalized spacial score (nSPS) is 16.8. The van der Waals surface area contributed by atoms with Crippen LogP contribution >= 0.6 is 0 Å². The van der Waals surface area contributed by atoms with E-state index in [2.05, 4.69) is 78.3 Å². The number of carbonyl (C=O) groups excluding carboxylic acids is 1. The van der Waals surface area contributed by atoms with Gasteiger partial charge in [-0.3, -0.25) is 9.69 Å². The highest BCUT2D eigenvalue weighted by atomic mass is 16.1. The summed E-state index contributed by atoms with van der Waals surface area (Å²) in [5, 5.41) is 0. The number of likely N-dealkylation sites (N-methyl/N-ethyl adjacent to an activating group) is 1. The Morgan fingerprint density at radius 3 is 2.42 bits per heavy atom. The first-order valence-corrected chi connectivity index (χ1v) is 9.54. The first-order valence-electron chi connectivity index (χ1n) is 9.54. The molecule has 136 valence electrons. The lowest BCUT2D eigenvalue weighted by Gasteiger charge is -2.26. The third-order valence-corrected chi connectivity index (χ3v) is 5.05. The van der Waals surface area contributed by atoms with Gasteiger partial charge in [0.05, 0.1) is 0 Å². The van der Waals surface area contributed by atoms with Gasteiger partial charge in [0.15, 0.2) is 5.78 Å². The number of hydrogen-bond acceptors (Lipinski definition) is 3. The summed E-state index contributed by atoms with van der Waals surface area (Å²) in [6.45, 7) is 8.84. The van der Waals surface area contributed by atoms with Crippen molar-refractivity contribution in [1.82, 2.24) is 4.90 Å². The number of carbonyl (C=O) groups is 1. The van der Waals surface area contributed by atoms with Crippen LogP contribution in [-0.4, -0.2) is 36.9 Å². The van der Waals surface area contributed by atoms with E-state index in [0.717, 1.165) is 43.9 Å². The van der Waals surface area contributed by atoms with Crippen LogP contribution in [0.3, 0.4) is 0 Å². The van der Waals surface area contributed by atoms with Crippen LogP contribution < -0.4 is 4.90 Å². The van der Waals surface area contributed by atoms with Crippen molar-refractivity contribution in [1.29, 1.82) is 0 Å². The molecule has 1 saturated heterocycles. The van der Waals surface area contributed by atoms with Crippen molar-refractivity contribution in [3.63, 3.8) is 0 Å². The van der Waals surface area contributed by atoms with Crippen LogP contribution in [-0.2, 0) is 11.3 Å². The standard InChI is InChI=1S/C23H28N2O/c1-3-24-15-14-23(26)21(18-24)16-19-10-12-22(13-11-19)25(4-2)17-20-8-6-5-7-9-20/h5-13,16H,3-4,14-15,17-18H2,1-2H3/b21-16+. The number of anilines is 1. The fourth-order valence-electron chi connectivity index (χ4n) is 3.40. The Balaban J connectivity index is 1.72. The van der Waals surface area contributed by atoms with Gasteiger partial charge in [0.1, 0.15) is 0 Å². The molecular weight excluding hydrogens is 320 g/mol. The zero-order valence-electron chi connectivity index (χ0n) is 15.8. The van der Waals surface area contributed by atoms with Crippen molar-refractivity contribution in [3.05, 3.63) is 71.3 Å². The molecule has 0 N–H and O–H groups in total. The molecule has 1 aliphatic rings. The summed E-state index contributed by atoms with van der Waals surface area (Å²) in [6, 6.07) is 19.1. The van der Waals surface area contributed by atoms with Gasteiger partial charge >= 0.3 is 0 Å². The summed E-state index contributed by atoms with van der Waals surface area (Å²) >= 11 is 0. The molecule has 2 aromatic carbocycles. The average molecular weight is 348 g/mol. The molecule has 0 aromatic heterocycles. The number of Topliss-reactive ketones (excluding diaryl/α,β-unsaturated/α-hetero) is 1. The second-order valence-corrected chi connectivity index (χ2v) is 6.80. The van der Waals surface area contributed by atoms with E-state index >= 15 is 0 Å². The van der Waals surface area contributed by atoms with E-state index in [4.69, 9.17) is 0 Å². The first-order chi connectivity index (χ1) is 12.7. The van der Waals surface area contributed by atoms with E-state index in [0.29, 0.717) is 6.42 Å². The van der Waals surface area contributed by atoms with Gasteiger partial charge in [-0.2, -0.15) is 0 Å². The van der Waals surface area contributed by atoms with Crippen LogP contribution in [0.15, 0.2) is 60.2 Å². The van der Waals surface area contributed by atoms with Crippen molar-refractivity contribution in [2.75, 3.05) is 31.1 Å². The van der Waals surface area contributed by atoms with Crippen molar-refractivity contribution >= 4 is 17.5 Å². The van der Waals surface area contributed by atoms with Crippen LogP contribution in [0.25, 0.3) is 6.08 Å². The van der Waals surface area contributed by atoms with Gasteiger partial charge < -0.3 is 4.90 Å². The maximum atomic E-state index is 12.2. The number of rotatable bonds is 6. The van der Waals surface area contributed by atoms with Crippen molar-refractivity contribution in [2.24, 2.45) is 0 Å². The Morgan fingerprint density at radius 1 is 1.04 bits per heavy atom. The van der Waals surface area contributed by atoms with Crippen LogP contribution in [0.1, 0.15) is 31.4 Å². The monoisotopic (exact) mass is 348 g/mol. The SMILES string of the molecule is CCN1CCC(=O)/C(=C/c2ccc(N(CC)Cc3ccccc3)cc2)C1. The Kier molecular flexibility index (Phi) is 6.24. The fraction of sp³-hybridized carbons (Fsp3) is 0.348. The molecule has 0 radical (unpaired) electrons. The zero-order valence-corrected chi connectivity index (χ0v) is 15.8. The summed E-state index contributed by atoms with van der Waals surface area (Å²) in [4.78, 5) is 16.9. The number of piperidine rings is 1. The van der Waals surface area contributed by atoms with E-state index < -0.39 is 0 Å². The van der Waals surface area contributed by atoms with E-state index in [1.54, 1.807) is 0 Å². The lowest BCUT2D eigenvalue weighted by Crippen LogP contribution is -2.35. The first kappa shape index (κ1) is 18.4. The maximum absolute atomic E-state index is 12.2. The molecule has 2 aromatic rings. The minimum atomic E-state index is 0.290. The van der Waals surface area contributed by atoms with Gasteiger partial charge in [-0.05, 0) is 42.8 Å². The van der Waals surface area contributed by atoms with Gasteiger partial charge in [0, 0.05) is 43.9 Å². The van der Waals surface area contributed by atoms with Gasteiger partial charge in [-0.15, -0.1) is 0 Å². The highest BCUT2D eigenvalue weighted by Crippen LogP contribution is 2.21. The Bertz CT molecular complexity index is 750. The summed E-state index contributed by atoms with van der Waals surface area (Å²) in [5.41, 5.74) is 4.56. The third-order valence-electron chi connectivity index (χ3n) is 5.05. The number of likely N-dealkylation sites (tertiary alicyclic amines) is 1. The Morgan fingerprint density at radius 2 is 1.77 bits per heavy atom. The molecule has 1 heterocycles. The highest BCUT2D eigenvalue weighted by molar-refractivity contribution is 6.00. The molecular formula is C23H28N2O. The summed E-state index contributed by atoms with van der Waals surface area (Å²) in [7, 11) is 0. The number of nitrogens with zero attached hydrogens (tertiary/aromatic N) is 2. The number of benzene rings is 2. The Hall–Kier alpha value is -2.39. The topological polar surface area (TPSA) is 23.6 Å². The molecule has 1 fully saturated rings. The molecule has 0 atom stereocenters. The molecule has 3 rings (SSSR count). The van der Waals surface area contributed by atoms with Crippen LogP contribution in [0.4, 0.5) is 5.69 Å².